The predicted molar refractivity (Wildman–Crippen MR) is 96.3 cm³/mol. The Morgan fingerprint density at radius 1 is 1.15 bits per heavy atom. The number of hydrogen-bond donors (Lipinski definition) is 0. The molecule has 1 saturated heterocycles. The summed E-state index contributed by atoms with van der Waals surface area (Å²) in [6.07, 6.45) is -0.525. The number of rotatable bonds is 5. The lowest BCUT2D eigenvalue weighted by molar-refractivity contribution is 0.0337. The Labute approximate surface area is 157 Å². The van der Waals surface area contributed by atoms with Gasteiger partial charge in [0.25, 0.3) is 0 Å². The van der Waals surface area contributed by atoms with Crippen LogP contribution in [0.4, 0.5) is 4.39 Å². The van der Waals surface area contributed by atoms with E-state index in [1.807, 2.05) is 30.3 Å². The molecule has 0 N–H and O–H groups in total. The molecule has 144 valence electrons. The smallest absolute Gasteiger partial charge is 0.338 e. The molecule has 1 heterocycles. The molecule has 3 rings (SSSR count). The number of sulfonamides is 1. The molecule has 6 nitrogen and oxygen atoms in total. The van der Waals surface area contributed by atoms with E-state index in [-0.39, 0.29) is 31.9 Å². The van der Waals surface area contributed by atoms with Crippen LogP contribution in [0.25, 0.3) is 0 Å². The summed E-state index contributed by atoms with van der Waals surface area (Å²) in [5.41, 5.74) is 0.778. The first-order valence-electron chi connectivity index (χ1n) is 8.53. The zero-order valence-electron chi connectivity index (χ0n) is 14.8. The summed E-state index contributed by atoms with van der Waals surface area (Å²) in [5, 5.41) is 0. The Bertz CT molecular complexity index is 911. The highest BCUT2D eigenvalue weighted by Crippen LogP contribution is 2.24. The quantitative estimate of drug-likeness (QED) is 0.731. The van der Waals surface area contributed by atoms with Crippen molar-refractivity contribution < 1.29 is 27.1 Å². The molecule has 1 fully saturated rings. The minimum atomic E-state index is -4.06. The topological polar surface area (TPSA) is 72.9 Å². The molecule has 8 heteroatoms. The van der Waals surface area contributed by atoms with E-state index < -0.39 is 32.8 Å². The normalized spacial score (nSPS) is 16.7. The van der Waals surface area contributed by atoms with Crippen molar-refractivity contribution >= 4 is 16.0 Å². The molecule has 1 atom stereocenters. The fourth-order valence-corrected chi connectivity index (χ4v) is 4.27. The van der Waals surface area contributed by atoms with Crippen LogP contribution in [-0.2, 0) is 19.5 Å². The van der Waals surface area contributed by atoms with Crippen molar-refractivity contribution in [2.75, 3.05) is 26.3 Å². The first-order chi connectivity index (χ1) is 12.9. The van der Waals surface area contributed by atoms with Crippen LogP contribution in [0.1, 0.15) is 28.9 Å². The minimum absolute atomic E-state index is 0.0222. The van der Waals surface area contributed by atoms with Gasteiger partial charge in [0.05, 0.1) is 18.8 Å². The minimum Gasteiger partial charge on any atom is -0.454 e. The van der Waals surface area contributed by atoms with Gasteiger partial charge in [-0.3, -0.25) is 0 Å². The SMILES string of the molecule is C[C@H](OC(=O)c1ccc(F)c(S(=O)(=O)N2CCOCC2)c1)c1ccccc1. The molecule has 0 radical (unpaired) electrons. The summed E-state index contributed by atoms with van der Waals surface area (Å²) in [4.78, 5) is 11.9. The summed E-state index contributed by atoms with van der Waals surface area (Å²) in [5.74, 6) is -1.63. The number of halogens is 1. The molecule has 0 aromatic heterocycles. The van der Waals surface area contributed by atoms with Crippen molar-refractivity contribution in [3.05, 3.63) is 65.5 Å². The third-order valence-corrected chi connectivity index (χ3v) is 6.22. The van der Waals surface area contributed by atoms with E-state index in [1.165, 1.54) is 6.07 Å². The second-order valence-electron chi connectivity index (χ2n) is 6.12. The van der Waals surface area contributed by atoms with E-state index in [0.717, 1.165) is 22.0 Å². The highest BCUT2D eigenvalue weighted by molar-refractivity contribution is 7.89. The van der Waals surface area contributed by atoms with Gasteiger partial charge in [0, 0.05) is 13.1 Å². The Kier molecular flexibility index (Phi) is 5.88. The summed E-state index contributed by atoms with van der Waals surface area (Å²) >= 11 is 0. The van der Waals surface area contributed by atoms with Gasteiger partial charge in [-0.2, -0.15) is 4.31 Å². The molecule has 2 aromatic carbocycles. The van der Waals surface area contributed by atoms with E-state index in [1.54, 1.807) is 6.92 Å². The Hall–Kier alpha value is -2.29. The van der Waals surface area contributed by atoms with E-state index in [4.69, 9.17) is 9.47 Å². The van der Waals surface area contributed by atoms with Gasteiger partial charge >= 0.3 is 5.97 Å². The van der Waals surface area contributed by atoms with Crippen molar-refractivity contribution in [3.63, 3.8) is 0 Å². The van der Waals surface area contributed by atoms with Gasteiger partial charge in [0.2, 0.25) is 10.0 Å². The van der Waals surface area contributed by atoms with Gasteiger partial charge in [-0.05, 0) is 30.7 Å². The number of morpholine rings is 1. The summed E-state index contributed by atoms with van der Waals surface area (Å²) in [7, 11) is -4.06. The zero-order chi connectivity index (χ0) is 19.4. The highest BCUT2D eigenvalue weighted by Gasteiger charge is 2.30. The largest absolute Gasteiger partial charge is 0.454 e. The Morgan fingerprint density at radius 2 is 1.81 bits per heavy atom. The molecule has 27 heavy (non-hydrogen) atoms. The molecule has 0 saturated carbocycles. The molecular weight excluding hydrogens is 373 g/mol. The van der Waals surface area contributed by atoms with Crippen LogP contribution in [0.15, 0.2) is 53.4 Å². The average Bonchev–Trinajstić information content (AvgIpc) is 2.69. The number of ether oxygens (including phenoxy) is 2. The summed E-state index contributed by atoms with van der Waals surface area (Å²) in [6, 6.07) is 12.3. The molecule has 0 aliphatic carbocycles. The molecule has 0 bridgehead atoms. The fraction of sp³-hybridized carbons (Fsp3) is 0.316. The van der Waals surface area contributed by atoms with Gasteiger partial charge in [0.15, 0.2) is 0 Å². The second kappa shape index (κ2) is 8.16. The lowest BCUT2D eigenvalue weighted by Gasteiger charge is -2.26. The van der Waals surface area contributed by atoms with Crippen LogP contribution >= 0.6 is 0 Å². The van der Waals surface area contributed by atoms with Gasteiger partial charge in [-0.15, -0.1) is 0 Å². The van der Waals surface area contributed by atoms with Crippen molar-refractivity contribution in [1.82, 2.24) is 4.31 Å². The van der Waals surface area contributed by atoms with Gasteiger partial charge in [-0.25, -0.2) is 17.6 Å². The number of carbonyl (C=O) groups is 1. The lowest BCUT2D eigenvalue weighted by Crippen LogP contribution is -2.41. The van der Waals surface area contributed by atoms with Crippen molar-refractivity contribution in [2.24, 2.45) is 0 Å². The van der Waals surface area contributed by atoms with E-state index in [0.29, 0.717) is 0 Å². The van der Waals surface area contributed by atoms with Crippen molar-refractivity contribution in [1.29, 1.82) is 0 Å². The molecule has 0 amide bonds. The molecule has 0 unspecified atom stereocenters. The van der Waals surface area contributed by atoms with E-state index in [9.17, 15) is 17.6 Å². The molecule has 1 aliphatic rings. The fourth-order valence-electron chi connectivity index (χ4n) is 2.77. The van der Waals surface area contributed by atoms with E-state index >= 15 is 0 Å². The maximum Gasteiger partial charge on any atom is 0.338 e. The van der Waals surface area contributed by atoms with Crippen LogP contribution in [0.5, 0.6) is 0 Å². The second-order valence-corrected chi connectivity index (χ2v) is 8.03. The number of nitrogens with zero attached hydrogens (tertiary/aromatic N) is 1. The average molecular weight is 393 g/mol. The maximum atomic E-state index is 14.2. The Morgan fingerprint density at radius 3 is 2.48 bits per heavy atom. The number of carbonyl (C=O) groups excluding carboxylic acids is 1. The van der Waals surface area contributed by atoms with Crippen LogP contribution in [0.2, 0.25) is 0 Å². The van der Waals surface area contributed by atoms with Gasteiger partial charge < -0.3 is 9.47 Å². The van der Waals surface area contributed by atoms with Crippen LogP contribution < -0.4 is 0 Å². The Balaban J connectivity index is 1.83. The molecule has 1 aliphatic heterocycles. The van der Waals surface area contributed by atoms with Crippen LogP contribution in [0.3, 0.4) is 0 Å². The third kappa shape index (κ3) is 4.35. The third-order valence-electron chi connectivity index (χ3n) is 4.31. The van der Waals surface area contributed by atoms with E-state index in [2.05, 4.69) is 0 Å². The molecule has 2 aromatic rings. The van der Waals surface area contributed by atoms with Crippen LogP contribution in [0, 0.1) is 5.82 Å². The summed E-state index contributed by atoms with van der Waals surface area (Å²) < 4.78 is 51.3. The zero-order valence-corrected chi connectivity index (χ0v) is 15.6. The predicted octanol–water partition coefficient (Wildman–Crippen LogP) is 2.76. The van der Waals surface area contributed by atoms with Crippen LogP contribution in [-0.4, -0.2) is 45.0 Å². The summed E-state index contributed by atoms with van der Waals surface area (Å²) in [6.45, 7) is 2.49. The van der Waals surface area contributed by atoms with Crippen molar-refractivity contribution in [3.8, 4) is 0 Å². The van der Waals surface area contributed by atoms with Gasteiger partial charge in [0.1, 0.15) is 16.8 Å². The number of benzene rings is 2. The molecule has 0 spiro atoms. The number of hydrogen-bond acceptors (Lipinski definition) is 5. The first-order valence-corrected chi connectivity index (χ1v) is 9.97. The first kappa shape index (κ1) is 19.5. The number of esters is 1. The molecular formula is C19H20FNO5S. The lowest BCUT2D eigenvalue weighted by atomic mass is 10.1. The monoisotopic (exact) mass is 393 g/mol. The standard InChI is InChI=1S/C19H20FNO5S/c1-14(15-5-3-2-4-6-15)26-19(22)16-7-8-17(20)18(13-16)27(23,24)21-9-11-25-12-10-21/h2-8,13-14H,9-12H2,1H3/t14-/m0/s1. The maximum absolute atomic E-state index is 14.2. The van der Waals surface area contributed by atoms with Gasteiger partial charge in [-0.1, -0.05) is 30.3 Å². The highest BCUT2D eigenvalue weighted by atomic mass is 32.2. The van der Waals surface area contributed by atoms with Crippen molar-refractivity contribution in [2.45, 2.75) is 17.9 Å².